The zero-order chi connectivity index (χ0) is 12.1. The Morgan fingerprint density at radius 2 is 2.35 bits per heavy atom. The molecule has 3 nitrogen and oxygen atoms in total. The van der Waals surface area contributed by atoms with Gasteiger partial charge in [0.2, 0.25) is 0 Å². The average Bonchev–Trinajstić information content (AvgIpc) is 2.54. The molecular formula is C13H19FN2O. The van der Waals surface area contributed by atoms with Gasteiger partial charge in [0.1, 0.15) is 0 Å². The molecule has 0 saturated heterocycles. The maximum absolute atomic E-state index is 13.6. The molecule has 1 unspecified atom stereocenters. The minimum Gasteiger partial charge on any atom is -0.490 e. The van der Waals surface area contributed by atoms with Crippen LogP contribution in [0.5, 0.6) is 5.75 Å². The van der Waals surface area contributed by atoms with Crippen molar-refractivity contribution in [2.24, 2.45) is 5.73 Å². The molecule has 0 aliphatic carbocycles. The van der Waals surface area contributed by atoms with Crippen LogP contribution in [-0.2, 0) is 0 Å². The maximum atomic E-state index is 13.6. The molecule has 1 aliphatic heterocycles. The van der Waals surface area contributed by atoms with E-state index in [-0.39, 0.29) is 11.9 Å². The van der Waals surface area contributed by atoms with E-state index in [0.717, 1.165) is 31.4 Å². The van der Waals surface area contributed by atoms with E-state index in [0.29, 0.717) is 18.9 Å². The van der Waals surface area contributed by atoms with Gasteiger partial charge in [-0.3, -0.25) is 0 Å². The van der Waals surface area contributed by atoms with E-state index >= 15 is 0 Å². The lowest BCUT2D eigenvalue weighted by atomic mass is 10.0. The second-order valence-corrected chi connectivity index (χ2v) is 4.30. The van der Waals surface area contributed by atoms with Crippen molar-refractivity contribution in [2.75, 3.05) is 19.7 Å². The largest absolute Gasteiger partial charge is 0.490 e. The summed E-state index contributed by atoms with van der Waals surface area (Å²) in [5, 5.41) is 3.42. The first kappa shape index (κ1) is 12.3. The highest BCUT2D eigenvalue weighted by atomic mass is 19.1. The first-order chi connectivity index (χ1) is 8.33. The summed E-state index contributed by atoms with van der Waals surface area (Å²) in [4.78, 5) is 0. The van der Waals surface area contributed by atoms with Crippen LogP contribution in [-0.4, -0.2) is 19.7 Å². The maximum Gasteiger partial charge on any atom is 0.165 e. The third-order valence-corrected chi connectivity index (χ3v) is 3.03. The molecule has 1 aromatic carbocycles. The molecule has 4 heteroatoms. The number of hydrogen-bond acceptors (Lipinski definition) is 3. The van der Waals surface area contributed by atoms with Crippen molar-refractivity contribution in [1.29, 1.82) is 0 Å². The highest BCUT2D eigenvalue weighted by Crippen LogP contribution is 2.33. The van der Waals surface area contributed by atoms with E-state index in [4.69, 9.17) is 10.5 Å². The molecule has 1 atom stereocenters. The molecule has 0 amide bonds. The fraction of sp³-hybridized carbons (Fsp3) is 0.538. The molecule has 1 heterocycles. The minimum absolute atomic E-state index is 0.176. The monoisotopic (exact) mass is 238 g/mol. The average molecular weight is 238 g/mol. The van der Waals surface area contributed by atoms with E-state index in [2.05, 4.69) is 5.32 Å². The highest BCUT2D eigenvalue weighted by molar-refractivity contribution is 5.38. The molecule has 94 valence electrons. The molecular weight excluding hydrogens is 219 g/mol. The summed E-state index contributed by atoms with van der Waals surface area (Å²) in [5.74, 6) is 0.144. The predicted octanol–water partition coefficient (Wildman–Crippen LogP) is 1.98. The van der Waals surface area contributed by atoms with Gasteiger partial charge in [-0.1, -0.05) is 12.1 Å². The number of benzene rings is 1. The lowest BCUT2D eigenvalue weighted by Gasteiger charge is -2.18. The quantitative estimate of drug-likeness (QED) is 0.788. The van der Waals surface area contributed by atoms with E-state index in [1.165, 1.54) is 6.07 Å². The summed E-state index contributed by atoms with van der Waals surface area (Å²) in [5.41, 5.74) is 6.40. The second-order valence-electron chi connectivity index (χ2n) is 4.30. The van der Waals surface area contributed by atoms with Gasteiger partial charge in [-0.2, -0.15) is 0 Å². The molecule has 17 heavy (non-hydrogen) atoms. The van der Waals surface area contributed by atoms with Crippen molar-refractivity contribution in [1.82, 2.24) is 5.32 Å². The predicted molar refractivity (Wildman–Crippen MR) is 65.5 cm³/mol. The lowest BCUT2D eigenvalue weighted by molar-refractivity contribution is 0.300. The van der Waals surface area contributed by atoms with Gasteiger partial charge >= 0.3 is 0 Å². The zero-order valence-corrected chi connectivity index (χ0v) is 9.92. The van der Waals surface area contributed by atoms with Crippen LogP contribution in [0.15, 0.2) is 18.2 Å². The van der Waals surface area contributed by atoms with Gasteiger partial charge in [0.05, 0.1) is 6.61 Å². The van der Waals surface area contributed by atoms with E-state index < -0.39 is 0 Å². The van der Waals surface area contributed by atoms with Crippen LogP contribution < -0.4 is 15.8 Å². The van der Waals surface area contributed by atoms with Gasteiger partial charge in [-0.15, -0.1) is 0 Å². The number of nitrogens with two attached hydrogens (primary N) is 1. The molecule has 0 bridgehead atoms. The van der Waals surface area contributed by atoms with Crippen molar-refractivity contribution < 1.29 is 9.13 Å². The topological polar surface area (TPSA) is 47.3 Å². The summed E-state index contributed by atoms with van der Waals surface area (Å²) in [6, 6.07) is 5.29. The molecule has 1 aliphatic rings. The fourth-order valence-corrected chi connectivity index (χ4v) is 2.16. The smallest absolute Gasteiger partial charge is 0.165 e. The third kappa shape index (κ3) is 2.96. The third-order valence-electron chi connectivity index (χ3n) is 3.03. The lowest BCUT2D eigenvalue weighted by Crippen LogP contribution is -2.24. The Hall–Kier alpha value is -1.13. The Morgan fingerprint density at radius 3 is 3.18 bits per heavy atom. The molecule has 1 aromatic rings. The van der Waals surface area contributed by atoms with E-state index in [1.54, 1.807) is 6.07 Å². The second kappa shape index (κ2) is 5.98. The van der Waals surface area contributed by atoms with Gasteiger partial charge in [0, 0.05) is 11.6 Å². The van der Waals surface area contributed by atoms with Crippen molar-refractivity contribution in [3.63, 3.8) is 0 Å². The summed E-state index contributed by atoms with van der Waals surface area (Å²) in [7, 11) is 0. The standard InChI is InChI=1S/C13H19FN2O/c14-11-5-1-4-10-12(16-8-3-7-15)6-2-9-17-13(10)11/h1,4-5,12,16H,2-3,6-9,15H2. The minimum atomic E-state index is -0.268. The summed E-state index contributed by atoms with van der Waals surface area (Å²) >= 11 is 0. The van der Waals surface area contributed by atoms with Crippen LogP contribution in [0.4, 0.5) is 4.39 Å². The molecule has 3 N–H and O–H groups in total. The fourth-order valence-electron chi connectivity index (χ4n) is 2.16. The van der Waals surface area contributed by atoms with Gasteiger partial charge in [0.15, 0.2) is 11.6 Å². The first-order valence-electron chi connectivity index (χ1n) is 6.17. The van der Waals surface area contributed by atoms with Gasteiger partial charge < -0.3 is 15.8 Å². The molecule has 0 aromatic heterocycles. The van der Waals surface area contributed by atoms with Gasteiger partial charge in [-0.25, -0.2) is 4.39 Å². The van der Waals surface area contributed by atoms with Gasteiger partial charge in [-0.05, 0) is 38.4 Å². The molecule has 0 fully saturated rings. The molecule has 2 rings (SSSR count). The number of para-hydroxylation sites is 1. The van der Waals surface area contributed by atoms with Crippen LogP contribution in [0.1, 0.15) is 30.9 Å². The number of rotatable bonds is 4. The number of ether oxygens (including phenoxy) is 1. The Labute approximate surface area is 101 Å². The number of hydrogen-bond donors (Lipinski definition) is 2. The SMILES string of the molecule is NCCCNC1CCCOc2c(F)cccc21. The first-order valence-corrected chi connectivity index (χ1v) is 6.17. The summed E-state index contributed by atoms with van der Waals surface area (Å²) in [6.07, 6.45) is 2.84. The van der Waals surface area contributed by atoms with Crippen molar-refractivity contribution in [3.05, 3.63) is 29.6 Å². The Morgan fingerprint density at radius 1 is 1.47 bits per heavy atom. The van der Waals surface area contributed by atoms with Crippen LogP contribution in [0.3, 0.4) is 0 Å². The van der Waals surface area contributed by atoms with Crippen LogP contribution in [0.2, 0.25) is 0 Å². The Balaban J connectivity index is 2.15. The zero-order valence-electron chi connectivity index (χ0n) is 9.92. The summed E-state index contributed by atoms with van der Waals surface area (Å²) < 4.78 is 19.1. The molecule has 0 saturated carbocycles. The van der Waals surface area contributed by atoms with E-state index in [9.17, 15) is 4.39 Å². The summed E-state index contributed by atoms with van der Waals surface area (Å²) in [6.45, 7) is 2.12. The van der Waals surface area contributed by atoms with Crippen molar-refractivity contribution >= 4 is 0 Å². The normalized spacial score (nSPS) is 19.3. The van der Waals surface area contributed by atoms with Crippen molar-refractivity contribution in [2.45, 2.75) is 25.3 Å². The molecule has 0 radical (unpaired) electrons. The number of fused-ring (bicyclic) bond motifs is 1. The van der Waals surface area contributed by atoms with Crippen LogP contribution >= 0.6 is 0 Å². The Bertz CT molecular complexity index is 370. The molecule has 0 spiro atoms. The van der Waals surface area contributed by atoms with Gasteiger partial charge in [0.25, 0.3) is 0 Å². The van der Waals surface area contributed by atoms with Crippen molar-refractivity contribution in [3.8, 4) is 5.75 Å². The Kier molecular flexibility index (Phi) is 4.34. The van der Waals surface area contributed by atoms with Crippen LogP contribution in [0, 0.1) is 5.82 Å². The highest BCUT2D eigenvalue weighted by Gasteiger charge is 2.21. The van der Waals surface area contributed by atoms with Crippen LogP contribution in [0.25, 0.3) is 0 Å². The number of nitrogens with one attached hydrogen (secondary N) is 1. The number of halogens is 1. The van der Waals surface area contributed by atoms with E-state index in [1.807, 2.05) is 6.07 Å².